The number of anilines is 1. The number of hydrogen-bond acceptors (Lipinski definition) is 7. The van der Waals surface area contributed by atoms with Gasteiger partial charge in [0.1, 0.15) is 0 Å². The number of nitrogen functional groups attached to an aromatic ring is 1. The van der Waals surface area contributed by atoms with E-state index in [1.165, 1.54) is 0 Å². The molecule has 1 aliphatic carbocycles. The molecule has 2 aromatic rings. The van der Waals surface area contributed by atoms with Gasteiger partial charge in [0.15, 0.2) is 23.0 Å². The monoisotopic (exact) mass is 445 g/mol. The van der Waals surface area contributed by atoms with Crippen LogP contribution in [0.15, 0.2) is 24.3 Å². The molecule has 7 nitrogen and oxygen atoms in total. The molecule has 3 rings (SSSR count). The highest BCUT2D eigenvalue weighted by Crippen LogP contribution is 2.50. The quantitative estimate of drug-likeness (QED) is 0.528. The molecule has 2 aromatic carbocycles. The third-order valence-corrected chi connectivity index (χ3v) is 6.17. The molecular weight excluding hydrogens is 410 g/mol. The molecule has 0 bridgehead atoms. The molecule has 0 aliphatic heterocycles. The second kappa shape index (κ2) is 10.7. The van der Waals surface area contributed by atoms with Crippen molar-refractivity contribution in [2.24, 2.45) is 0 Å². The van der Waals surface area contributed by atoms with Gasteiger partial charge in [-0.2, -0.15) is 0 Å². The van der Waals surface area contributed by atoms with Gasteiger partial charge in [-0.25, -0.2) is 0 Å². The Morgan fingerprint density at radius 3 is 1.69 bits per heavy atom. The minimum atomic E-state index is -0.0377. The summed E-state index contributed by atoms with van der Waals surface area (Å²) in [5, 5.41) is 0. The van der Waals surface area contributed by atoms with Crippen LogP contribution in [0.5, 0.6) is 28.7 Å². The standard InChI is InChI=1S/C25H35NO6/c1-7-10-32-24-19(26)11-15(12-20(24)27-2)17-8-9-18(23(17)30-5)16-13-21(28-3)25(31-6)22(14-16)29-4/h11-14,17-18,23H,7-10,26H2,1-6H3/t17-,18-,23+/m1/s1. The van der Waals surface area contributed by atoms with Crippen LogP contribution in [0.2, 0.25) is 0 Å². The lowest BCUT2D eigenvalue weighted by molar-refractivity contribution is 0.0805. The molecule has 1 fully saturated rings. The fourth-order valence-electron chi connectivity index (χ4n) is 4.69. The number of methoxy groups -OCH3 is 5. The third kappa shape index (κ3) is 4.53. The average Bonchev–Trinajstić information content (AvgIpc) is 3.25. The summed E-state index contributed by atoms with van der Waals surface area (Å²) in [5.41, 5.74) is 9.12. The summed E-state index contributed by atoms with van der Waals surface area (Å²) < 4.78 is 34.0. The average molecular weight is 446 g/mol. The largest absolute Gasteiger partial charge is 0.493 e. The first-order valence-corrected chi connectivity index (χ1v) is 11.0. The van der Waals surface area contributed by atoms with E-state index < -0.39 is 0 Å². The molecule has 0 saturated heterocycles. The molecule has 0 unspecified atom stereocenters. The molecular formula is C25H35NO6. The molecule has 7 heteroatoms. The first-order chi connectivity index (χ1) is 15.5. The van der Waals surface area contributed by atoms with Gasteiger partial charge in [-0.3, -0.25) is 0 Å². The lowest BCUT2D eigenvalue weighted by Gasteiger charge is -2.26. The van der Waals surface area contributed by atoms with E-state index >= 15 is 0 Å². The summed E-state index contributed by atoms with van der Waals surface area (Å²) >= 11 is 0. The number of nitrogens with two attached hydrogens (primary N) is 1. The fourth-order valence-corrected chi connectivity index (χ4v) is 4.69. The fraction of sp³-hybridized carbons (Fsp3) is 0.520. The minimum Gasteiger partial charge on any atom is -0.493 e. The van der Waals surface area contributed by atoms with Crippen LogP contribution >= 0.6 is 0 Å². The summed E-state index contributed by atoms with van der Waals surface area (Å²) in [6.07, 6.45) is 2.77. The Morgan fingerprint density at radius 1 is 0.750 bits per heavy atom. The smallest absolute Gasteiger partial charge is 0.203 e. The van der Waals surface area contributed by atoms with Crippen molar-refractivity contribution in [3.05, 3.63) is 35.4 Å². The van der Waals surface area contributed by atoms with Gasteiger partial charge >= 0.3 is 0 Å². The molecule has 0 heterocycles. The van der Waals surface area contributed by atoms with Crippen molar-refractivity contribution < 1.29 is 28.4 Å². The number of ether oxygens (including phenoxy) is 6. The van der Waals surface area contributed by atoms with Crippen molar-refractivity contribution in [1.82, 2.24) is 0 Å². The van der Waals surface area contributed by atoms with Crippen molar-refractivity contribution in [2.75, 3.05) is 47.9 Å². The van der Waals surface area contributed by atoms with Crippen LogP contribution in [-0.2, 0) is 4.74 Å². The van der Waals surface area contributed by atoms with E-state index in [2.05, 4.69) is 6.92 Å². The van der Waals surface area contributed by atoms with E-state index in [1.54, 1.807) is 35.5 Å². The van der Waals surface area contributed by atoms with E-state index in [9.17, 15) is 0 Å². The molecule has 176 valence electrons. The Hall–Kier alpha value is -2.80. The van der Waals surface area contributed by atoms with Crippen LogP contribution in [0.4, 0.5) is 5.69 Å². The molecule has 0 radical (unpaired) electrons. The maximum atomic E-state index is 6.35. The van der Waals surface area contributed by atoms with Crippen molar-refractivity contribution in [2.45, 2.75) is 44.1 Å². The van der Waals surface area contributed by atoms with E-state index in [0.29, 0.717) is 41.0 Å². The molecule has 0 spiro atoms. The SMILES string of the molecule is CCCOc1c(N)cc([C@H]2CC[C@H](c3cc(OC)c(OC)c(OC)c3)[C@H]2OC)cc1OC. The van der Waals surface area contributed by atoms with Gasteiger partial charge in [0.05, 0.1) is 46.8 Å². The van der Waals surface area contributed by atoms with Crippen LogP contribution in [0.1, 0.15) is 49.1 Å². The zero-order chi connectivity index (χ0) is 23.3. The zero-order valence-corrected chi connectivity index (χ0v) is 19.9. The van der Waals surface area contributed by atoms with Crippen molar-refractivity contribution in [3.8, 4) is 28.7 Å². The lowest BCUT2D eigenvalue weighted by atomic mass is 9.89. The van der Waals surface area contributed by atoms with Crippen LogP contribution in [0, 0.1) is 0 Å². The Balaban J connectivity index is 1.96. The molecule has 0 amide bonds. The highest BCUT2D eigenvalue weighted by molar-refractivity contribution is 5.63. The molecule has 1 saturated carbocycles. The first-order valence-electron chi connectivity index (χ1n) is 11.0. The minimum absolute atomic E-state index is 0.0377. The number of hydrogen-bond donors (Lipinski definition) is 1. The first kappa shape index (κ1) is 23.9. The van der Waals surface area contributed by atoms with Gasteiger partial charge in [0.25, 0.3) is 0 Å². The number of rotatable bonds is 10. The van der Waals surface area contributed by atoms with E-state index in [0.717, 1.165) is 30.4 Å². The van der Waals surface area contributed by atoms with Crippen LogP contribution < -0.4 is 29.4 Å². The molecule has 0 aromatic heterocycles. The van der Waals surface area contributed by atoms with E-state index in [-0.39, 0.29) is 17.9 Å². The lowest BCUT2D eigenvalue weighted by Crippen LogP contribution is -2.21. The van der Waals surface area contributed by atoms with Gasteiger partial charge in [-0.1, -0.05) is 6.92 Å². The van der Waals surface area contributed by atoms with Crippen LogP contribution in [0.3, 0.4) is 0 Å². The molecule has 32 heavy (non-hydrogen) atoms. The molecule has 3 atom stereocenters. The second-order valence-corrected chi connectivity index (χ2v) is 7.94. The predicted molar refractivity (Wildman–Crippen MR) is 125 cm³/mol. The summed E-state index contributed by atoms with van der Waals surface area (Å²) in [4.78, 5) is 0. The maximum Gasteiger partial charge on any atom is 0.203 e. The van der Waals surface area contributed by atoms with Gasteiger partial charge in [-0.05, 0) is 54.7 Å². The molecule has 1 aliphatic rings. The molecule has 2 N–H and O–H groups in total. The Bertz CT molecular complexity index is 891. The Kier molecular flexibility index (Phi) is 7.96. The zero-order valence-electron chi connectivity index (χ0n) is 19.9. The van der Waals surface area contributed by atoms with Crippen molar-refractivity contribution in [3.63, 3.8) is 0 Å². The van der Waals surface area contributed by atoms with Crippen LogP contribution in [-0.4, -0.2) is 48.3 Å². The van der Waals surface area contributed by atoms with Gasteiger partial charge in [0.2, 0.25) is 5.75 Å². The topological polar surface area (TPSA) is 81.4 Å². The van der Waals surface area contributed by atoms with Gasteiger partial charge in [-0.15, -0.1) is 0 Å². The van der Waals surface area contributed by atoms with Crippen molar-refractivity contribution in [1.29, 1.82) is 0 Å². The number of benzene rings is 2. The van der Waals surface area contributed by atoms with E-state index in [4.69, 9.17) is 34.2 Å². The summed E-state index contributed by atoms with van der Waals surface area (Å²) in [7, 11) is 8.26. The Morgan fingerprint density at radius 2 is 1.25 bits per heavy atom. The van der Waals surface area contributed by atoms with Crippen LogP contribution in [0.25, 0.3) is 0 Å². The second-order valence-electron chi connectivity index (χ2n) is 7.94. The third-order valence-electron chi connectivity index (χ3n) is 6.17. The van der Waals surface area contributed by atoms with Gasteiger partial charge in [0, 0.05) is 18.9 Å². The highest BCUT2D eigenvalue weighted by Gasteiger charge is 2.39. The van der Waals surface area contributed by atoms with E-state index in [1.807, 2.05) is 24.3 Å². The summed E-state index contributed by atoms with van der Waals surface area (Å²) in [5.74, 6) is 3.46. The normalized spacial score (nSPS) is 20.1. The predicted octanol–water partition coefficient (Wildman–Crippen LogP) is 4.77. The summed E-state index contributed by atoms with van der Waals surface area (Å²) in [6, 6.07) is 8.03. The Labute approximate surface area is 190 Å². The maximum absolute atomic E-state index is 6.35. The summed E-state index contributed by atoms with van der Waals surface area (Å²) in [6.45, 7) is 2.65. The van der Waals surface area contributed by atoms with Gasteiger partial charge < -0.3 is 34.2 Å². The van der Waals surface area contributed by atoms with Crippen molar-refractivity contribution >= 4 is 5.69 Å². The highest BCUT2D eigenvalue weighted by atomic mass is 16.5.